The van der Waals surface area contributed by atoms with Gasteiger partial charge in [-0.15, -0.1) is 0 Å². The second kappa shape index (κ2) is 11.2. The van der Waals surface area contributed by atoms with Crippen LogP contribution in [0.1, 0.15) is 116 Å². The predicted octanol–water partition coefficient (Wildman–Crippen LogP) is 11.1. The van der Waals surface area contributed by atoms with Crippen LogP contribution in [0.15, 0.2) is 54.6 Å². The van der Waals surface area contributed by atoms with Crippen molar-refractivity contribution in [2.45, 2.75) is 119 Å². The zero-order valence-corrected chi connectivity index (χ0v) is 28.7. The Bertz CT molecular complexity index is 1370. The van der Waals surface area contributed by atoms with Crippen LogP contribution in [0.2, 0.25) is 0 Å². The topological polar surface area (TPSA) is 44.8 Å². The number of phosphoric ester groups is 1. The van der Waals surface area contributed by atoms with Gasteiger partial charge in [-0.1, -0.05) is 131 Å². The minimum absolute atomic E-state index is 0.0533. The molecule has 0 saturated heterocycles. The second-order valence-electron chi connectivity index (χ2n) is 15.4. The molecule has 0 aromatic heterocycles. The molecule has 0 unspecified atom stereocenters. The van der Waals surface area contributed by atoms with Gasteiger partial charge >= 0.3 is 7.82 Å². The Kier molecular flexibility index (Phi) is 8.94. The molecule has 0 spiro atoms. The van der Waals surface area contributed by atoms with E-state index >= 15 is 0 Å². The van der Waals surface area contributed by atoms with Gasteiger partial charge in [-0.2, -0.15) is 4.57 Å². The van der Waals surface area contributed by atoms with Gasteiger partial charge in [0, 0.05) is 16.7 Å². The van der Waals surface area contributed by atoms with Crippen molar-refractivity contribution in [1.82, 2.24) is 0 Å². The standard InChI is InChI=1S/C36H51O4P/c1-24-15-18-30(27(21-24)34(6,7)8)38-41(37,39-31-19-16-25(2)22-28(31)35(9,10)11)40-32-20-17-26(33(3,4)5)23-29(32)36(12,13)14/h15-23H,1-14H3. The summed E-state index contributed by atoms with van der Waals surface area (Å²) in [5, 5.41) is 0. The molecular weight excluding hydrogens is 527 g/mol. The molecule has 0 radical (unpaired) electrons. The second-order valence-corrected chi connectivity index (χ2v) is 16.9. The number of phosphoric acid groups is 1. The maximum Gasteiger partial charge on any atom is 0.647 e. The normalized spacial score (nSPS) is 13.2. The van der Waals surface area contributed by atoms with Gasteiger partial charge in [0.15, 0.2) is 0 Å². The van der Waals surface area contributed by atoms with Crippen molar-refractivity contribution in [3.63, 3.8) is 0 Å². The SMILES string of the molecule is Cc1ccc(OP(=O)(Oc2ccc(C)cc2C(C)(C)C)Oc2ccc(C(C)(C)C)cc2C(C)(C)C)c(C(C)(C)C)c1. The van der Waals surface area contributed by atoms with E-state index in [2.05, 4.69) is 101 Å². The molecule has 3 aromatic carbocycles. The van der Waals surface area contributed by atoms with E-state index in [-0.39, 0.29) is 21.7 Å². The van der Waals surface area contributed by atoms with E-state index < -0.39 is 7.82 Å². The Morgan fingerprint density at radius 2 is 0.780 bits per heavy atom. The van der Waals surface area contributed by atoms with Crippen LogP contribution in [0.5, 0.6) is 17.2 Å². The van der Waals surface area contributed by atoms with Gasteiger partial charge in [-0.3, -0.25) is 0 Å². The largest absolute Gasteiger partial charge is 0.647 e. The molecule has 0 heterocycles. The molecule has 3 aromatic rings. The summed E-state index contributed by atoms with van der Waals surface area (Å²) < 4.78 is 34.2. The highest BCUT2D eigenvalue weighted by Gasteiger charge is 2.38. The Morgan fingerprint density at radius 1 is 0.463 bits per heavy atom. The summed E-state index contributed by atoms with van der Waals surface area (Å²) in [7, 11) is -4.26. The fourth-order valence-electron chi connectivity index (χ4n) is 4.70. The molecular formula is C36H51O4P. The molecule has 0 N–H and O–H groups in total. The molecule has 0 atom stereocenters. The number of benzene rings is 3. The van der Waals surface area contributed by atoms with Crippen molar-refractivity contribution in [1.29, 1.82) is 0 Å². The van der Waals surface area contributed by atoms with E-state index in [4.69, 9.17) is 13.6 Å². The van der Waals surface area contributed by atoms with E-state index in [9.17, 15) is 4.57 Å². The van der Waals surface area contributed by atoms with E-state index in [1.165, 1.54) is 5.56 Å². The lowest BCUT2D eigenvalue weighted by molar-refractivity contribution is 0.290. The molecule has 5 heteroatoms. The van der Waals surface area contributed by atoms with Gasteiger partial charge in [0.05, 0.1) is 0 Å². The number of aryl methyl sites for hydroxylation is 2. The third-order valence-electron chi connectivity index (χ3n) is 7.17. The molecule has 0 amide bonds. The molecule has 3 rings (SSSR count). The Hall–Kier alpha value is -2.71. The Balaban J connectivity index is 2.24. The first-order valence-corrected chi connectivity index (χ1v) is 16.0. The summed E-state index contributed by atoms with van der Waals surface area (Å²) >= 11 is 0. The minimum Gasteiger partial charge on any atom is -0.386 e. The summed E-state index contributed by atoms with van der Waals surface area (Å²) in [6.07, 6.45) is 0. The molecule has 224 valence electrons. The smallest absolute Gasteiger partial charge is 0.386 e. The van der Waals surface area contributed by atoms with Crippen LogP contribution in [0.4, 0.5) is 0 Å². The molecule has 0 saturated carbocycles. The van der Waals surface area contributed by atoms with Crippen molar-refractivity contribution >= 4 is 7.82 Å². The van der Waals surface area contributed by atoms with Crippen LogP contribution in [0, 0.1) is 13.8 Å². The molecule has 0 aliphatic rings. The van der Waals surface area contributed by atoms with Crippen molar-refractivity contribution in [2.24, 2.45) is 0 Å². The lowest BCUT2D eigenvalue weighted by Gasteiger charge is -2.30. The summed E-state index contributed by atoms with van der Waals surface area (Å²) in [4.78, 5) is 0. The predicted molar refractivity (Wildman–Crippen MR) is 173 cm³/mol. The highest BCUT2D eigenvalue weighted by atomic mass is 31.2. The van der Waals surface area contributed by atoms with Gasteiger partial charge in [-0.25, -0.2) is 0 Å². The lowest BCUT2D eigenvalue weighted by atomic mass is 9.80. The quantitative estimate of drug-likeness (QED) is 0.273. The zero-order chi connectivity index (χ0) is 31.2. The summed E-state index contributed by atoms with van der Waals surface area (Å²) in [5.41, 5.74) is 5.35. The summed E-state index contributed by atoms with van der Waals surface area (Å²) in [6, 6.07) is 17.9. The van der Waals surface area contributed by atoms with Crippen molar-refractivity contribution in [3.8, 4) is 17.2 Å². The molecule has 0 fully saturated rings. The first kappa shape index (κ1) is 32.8. The molecule has 0 bridgehead atoms. The average Bonchev–Trinajstić information content (AvgIpc) is 2.79. The first-order valence-electron chi connectivity index (χ1n) is 14.6. The van der Waals surface area contributed by atoms with E-state index in [0.29, 0.717) is 17.2 Å². The van der Waals surface area contributed by atoms with Gasteiger partial charge in [0.1, 0.15) is 17.2 Å². The van der Waals surface area contributed by atoms with Gasteiger partial charge < -0.3 is 13.6 Å². The van der Waals surface area contributed by atoms with Crippen molar-refractivity contribution in [3.05, 3.63) is 88.0 Å². The molecule has 0 aliphatic carbocycles. The fraction of sp³-hybridized carbons (Fsp3) is 0.500. The van der Waals surface area contributed by atoms with Crippen LogP contribution in [-0.2, 0) is 26.2 Å². The Morgan fingerprint density at radius 3 is 1.10 bits per heavy atom. The van der Waals surface area contributed by atoms with E-state index in [1.807, 2.05) is 50.2 Å². The van der Waals surface area contributed by atoms with Crippen molar-refractivity contribution < 1.29 is 18.1 Å². The third-order valence-corrected chi connectivity index (χ3v) is 8.43. The van der Waals surface area contributed by atoms with Crippen molar-refractivity contribution in [2.75, 3.05) is 0 Å². The summed E-state index contributed by atoms with van der Waals surface area (Å²) in [5.74, 6) is 1.46. The molecule has 4 nitrogen and oxygen atoms in total. The van der Waals surface area contributed by atoms with Gasteiger partial charge in [-0.05, 0) is 59.3 Å². The van der Waals surface area contributed by atoms with E-state index in [1.54, 1.807) is 0 Å². The van der Waals surface area contributed by atoms with Gasteiger partial charge in [0.2, 0.25) is 0 Å². The average molecular weight is 579 g/mol. The maximum absolute atomic E-state index is 14.9. The highest BCUT2D eigenvalue weighted by molar-refractivity contribution is 7.49. The maximum atomic E-state index is 14.9. The number of rotatable bonds is 6. The minimum atomic E-state index is -4.26. The van der Waals surface area contributed by atoms with Crippen LogP contribution in [-0.4, -0.2) is 0 Å². The lowest BCUT2D eigenvalue weighted by Crippen LogP contribution is -2.20. The monoisotopic (exact) mass is 578 g/mol. The van der Waals surface area contributed by atoms with E-state index in [0.717, 1.165) is 27.8 Å². The number of hydrogen-bond acceptors (Lipinski definition) is 4. The molecule has 0 aliphatic heterocycles. The zero-order valence-electron chi connectivity index (χ0n) is 27.8. The third kappa shape index (κ3) is 8.19. The van der Waals surface area contributed by atoms with Gasteiger partial charge in [0.25, 0.3) is 0 Å². The fourth-order valence-corrected chi connectivity index (χ4v) is 6.01. The van der Waals surface area contributed by atoms with Crippen LogP contribution in [0.25, 0.3) is 0 Å². The van der Waals surface area contributed by atoms with Crippen LogP contribution < -0.4 is 13.6 Å². The molecule has 41 heavy (non-hydrogen) atoms. The number of hydrogen-bond donors (Lipinski definition) is 0. The Labute approximate surface area is 249 Å². The highest BCUT2D eigenvalue weighted by Crippen LogP contribution is 2.54. The summed E-state index contributed by atoms with van der Waals surface area (Å²) in [6.45, 7) is 29.7. The van der Waals surface area contributed by atoms with Crippen LogP contribution >= 0.6 is 7.82 Å². The first-order chi connectivity index (χ1) is 18.5. The van der Waals surface area contributed by atoms with Crippen LogP contribution in [0.3, 0.4) is 0 Å².